The van der Waals surface area contributed by atoms with Crippen molar-refractivity contribution in [2.24, 2.45) is 11.8 Å². The molecule has 0 spiro atoms. The molecule has 0 radical (unpaired) electrons. The van der Waals surface area contributed by atoms with Crippen LogP contribution in [0.4, 0.5) is 0 Å². The van der Waals surface area contributed by atoms with Crippen molar-refractivity contribution < 1.29 is 4.79 Å². The summed E-state index contributed by atoms with van der Waals surface area (Å²) in [5, 5.41) is 4.29. The average Bonchev–Trinajstić information content (AvgIpc) is 3.27. The van der Waals surface area contributed by atoms with Crippen LogP contribution in [0.15, 0.2) is 18.0 Å². The van der Waals surface area contributed by atoms with E-state index in [-0.39, 0.29) is 0 Å². The fourth-order valence-electron chi connectivity index (χ4n) is 7.15. The van der Waals surface area contributed by atoms with Gasteiger partial charge in [0.25, 0.3) is 5.78 Å². The number of hydrogen-bond donors (Lipinski definition) is 0. The van der Waals surface area contributed by atoms with E-state index >= 15 is 0 Å². The first-order chi connectivity index (χ1) is 15.6. The SMILES string of the molecule is Cc1nc2ncnn2c(C)c1CCC(=O)N1CCCC2=C[C@H]3C[C@@H](CN4CCCC[C@H]34)[C@@H]21. The van der Waals surface area contributed by atoms with Crippen LogP contribution >= 0.6 is 0 Å². The van der Waals surface area contributed by atoms with Crippen LogP contribution in [-0.4, -0.2) is 67.0 Å². The molecule has 170 valence electrons. The molecule has 32 heavy (non-hydrogen) atoms. The van der Waals surface area contributed by atoms with Gasteiger partial charge >= 0.3 is 0 Å². The molecule has 3 fully saturated rings. The summed E-state index contributed by atoms with van der Waals surface area (Å²) in [5.41, 5.74) is 4.69. The standard InChI is InChI=1S/C25H34N6O/c1-16-21(17(2)31-25(28-16)26-15-27-31)8-9-23(32)30-11-5-6-18-12-19-13-20(24(18)30)14-29-10-4-3-7-22(19)29/h12,15,19-20,22,24H,3-11,13-14H2,1-2H3/t19-,20-,22+,24+/m0/s1. The smallest absolute Gasteiger partial charge is 0.252 e. The molecule has 3 saturated heterocycles. The first kappa shape index (κ1) is 20.3. The van der Waals surface area contributed by atoms with Gasteiger partial charge in [0.1, 0.15) is 6.33 Å². The highest BCUT2D eigenvalue weighted by atomic mass is 16.2. The summed E-state index contributed by atoms with van der Waals surface area (Å²) in [6.45, 7) is 7.40. The number of amides is 1. The van der Waals surface area contributed by atoms with Gasteiger partial charge < -0.3 is 4.90 Å². The highest BCUT2D eigenvalue weighted by Gasteiger charge is 2.46. The van der Waals surface area contributed by atoms with E-state index in [2.05, 4.69) is 37.9 Å². The van der Waals surface area contributed by atoms with Crippen molar-refractivity contribution in [3.05, 3.63) is 34.9 Å². The van der Waals surface area contributed by atoms with Crippen LogP contribution in [0, 0.1) is 25.7 Å². The van der Waals surface area contributed by atoms with Crippen LogP contribution in [0.3, 0.4) is 0 Å². The Bertz CT molecular complexity index is 1070. The lowest BCUT2D eigenvalue weighted by Crippen LogP contribution is -2.60. The van der Waals surface area contributed by atoms with Crippen LogP contribution in [0.1, 0.15) is 61.9 Å². The molecule has 4 aliphatic rings. The Morgan fingerprint density at radius 2 is 2.09 bits per heavy atom. The first-order valence-electron chi connectivity index (χ1n) is 12.5. The Hall–Kier alpha value is -2.28. The molecule has 0 aromatic carbocycles. The Kier molecular flexibility index (Phi) is 5.05. The topological polar surface area (TPSA) is 66.6 Å². The number of likely N-dealkylation sites (tertiary alicyclic amines) is 1. The van der Waals surface area contributed by atoms with E-state index in [1.807, 2.05) is 6.92 Å². The Morgan fingerprint density at radius 3 is 3.00 bits per heavy atom. The van der Waals surface area contributed by atoms with Crippen LogP contribution in [0.2, 0.25) is 0 Å². The zero-order chi connectivity index (χ0) is 21.8. The number of hydrogen-bond acceptors (Lipinski definition) is 5. The molecule has 1 amide bonds. The molecule has 7 nitrogen and oxygen atoms in total. The van der Waals surface area contributed by atoms with Crippen LogP contribution in [-0.2, 0) is 11.2 Å². The van der Waals surface area contributed by atoms with Crippen LogP contribution in [0.5, 0.6) is 0 Å². The van der Waals surface area contributed by atoms with Crippen molar-refractivity contribution >= 4 is 11.7 Å². The summed E-state index contributed by atoms with van der Waals surface area (Å²) in [5.74, 6) is 2.25. The maximum atomic E-state index is 13.5. The summed E-state index contributed by atoms with van der Waals surface area (Å²) in [7, 11) is 0. The minimum atomic E-state index is 0.303. The van der Waals surface area contributed by atoms with E-state index < -0.39 is 0 Å². The average molecular weight is 435 g/mol. The maximum absolute atomic E-state index is 13.5. The van der Waals surface area contributed by atoms with Crippen LogP contribution in [0.25, 0.3) is 5.78 Å². The van der Waals surface area contributed by atoms with Crippen LogP contribution < -0.4 is 0 Å². The maximum Gasteiger partial charge on any atom is 0.252 e. The zero-order valence-electron chi connectivity index (χ0n) is 19.3. The molecule has 5 heterocycles. The number of carbonyl (C=O) groups excluding carboxylic acids is 1. The van der Waals surface area contributed by atoms with Crippen molar-refractivity contribution in [1.82, 2.24) is 29.4 Å². The molecular formula is C25H34N6O. The van der Waals surface area contributed by atoms with E-state index in [1.165, 1.54) is 45.2 Å². The summed E-state index contributed by atoms with van der Waals surface area (Å²) >= 11 is 0. The fraction of sp³-hybridized carbons (Fsp3) is 0.680. The van der Waals surface area contributed by atoms with Gasteiger partial charge in [-0.05, 0) is 76.3 Å². The number of aromatic nitrogens is 4. The Morgan fingerprint density at radius 1 is 1.19 bits per heavy atom. The molecule has 6 rings (SSSR count). The van der Waals surface area contributed by atoms with E-state index in [0.717, 1.165) is 36.0 Å². The molecule has 3 aliphatic heterocycles. The lowest BCUT2D eigenvalue weighted by atomic mass is 9.68. The molecule has 0 N–H and O–H groups in total. The lowest BCUT2D eigenvalue weighted by molar-refractivity contribution is -0.136. The largest absolute Gasteiger partial charge is 0.336 e. The second-order valence-corrected chi connectivity index (χ2v) is 10.3. The highest BCUT2D eigenvalue weighted by molar-refractivity contribution is 5.77. The minimum absolute atomic E-state index is 0.303. The molecule has 2 aromatic heterocycles. The minimum Gasteiger partial charge on any atom is -0.336 e. The third-order valence-electron chi connectivity index (χ3n) is 8.56. The van der Waals surface area contributed by atoms with Gasteiger partial charge in [0.2, 0.25) is 5.91 Å². The Balaban J connectivity index is 1.21. The summed E-state index contributed by atoms with van der Waals surface area (Å²) < 4.78 is 1.78. The van der Waals surface area contributed by atoms with E-state index in [1.54, 1.807) is 16.4 Å². The third-order valence-corrected chi connectivity index (χ3v) is 8.56. The zero-order valence-corrected chi connectivity index (χ0v) is 19.3. The first-order valence-corrected chi connectivity index (χ1v) is 12.5. The molecule has 7 heteroatoms. The molecule has 4 atom stereocenters. The number of nitrogens with zero attached hydrogens (tertiary/aromatic N) is 6. The van der Waals surface area contributed by atoms with Gasteiger partial charge in [-0.25, -0.2) is 9.50 Å². The predicted octanol–water partition coefficient (Wildman–Crippen LogP) is 3.10. The van der Waals surface area contributed by atoms with Crippen molar-refractivity contribution in [3.8, 4) is 0 Å². The van der Waals surface area contributed by atoms with Gasteiger partial charge in [-0.2, -0.15) is 10.1 Å². The molecular weight excluding hydrogens is 400 g/mol. The van der Waals surface area contributed by atoms with Gasteiger partial charge in [-0.1, -0.05) is 18.1 Å². The third kappa shape index (κ3) is 3.28. The molecule has 0 saturated carbocycles. The van der Waals surface area contributed by atoms with Gasteiger partial charge in [0.15, 0.2) is 0 Å². The summed E-state index contributed by atoms with van der Waals surface area (Å²) in [4.78, 5) is 27.3. The number of piperidine rings is 3. The Labute approximate surface area is 189 Å². The number of rotatable bonds is 3. The monoisotopic (exact) mass is 434 g/mol. The van der Waals surface area contributed by atoms with Gasteiger partial charge in [-0.15, -0.1) is 0 Å². The second-order valence-electron chi connectivity index (χ2n) is 10.3. The van der Waals surface area contributed by atoms with Gasteiger partial charge in [-0.3, -0.25) is 9.69 Å². The summed E-state index contributed by atoms with van der Waals surface area (Å²) in [6.07, 6.45) is 13.0. The highest BCUT2D eigenvalue weighted by Crippen LogP contribution is 2.45. The van der Waals surface area contributed by atoms with E-state index in [9.17, 15) is 4.79 Å². The molecule has 1 aliphatic carbocycles. The van der Waals surface area contributed by atoms with Gasteiger partial charge in [0.05, 0.1) is 6.04 Å². The molecule has 2 bridgehead atoms. The lowest BCUT2D eigenvalue weighted by Gasteiger charge is -2.54. The van der Waals surface area contributed by atoms with Gasteiger partial charge in [0, 0.05) is 36.9 Å². The molecule has 2 aromatic rings. The van der Waals surface area contributed by atoms with E-state index in [4.69, 9.17) is 0 Å². The predicted molar refractivity (Wildman–Crippen MR) is 122 cm³/mol. The van der Waals surface area contributed by atoms with Crippen molar-refractivity contribution in [1.29, 1.82) is 0 Å². The van der Waals surface area contributed by atoms with Crippen molar-refractivity contribution in [3.63, 3.8) is 0 Å². The fourth-order valence-corrected chi connectivity index (χ4v) is 7.15. The second kappa shape index (κ2) is 7.94. The van der Waals surface area contributed by atoms with Crippen molar-refractivity contribution in [2.45, 2.75) is 77.3 Å². The number of carbonyl (C=O) groups is 1. The van der Waals surface area contributed by atoms with Crippen molar-refractivity contribution in [2.75, 3.05) is 19.6 Å². The summed E-state index contributed by atoms with van der Waals surface area (Å²) in [6, 6.07) is 1.08. The number of aryl methyl sites for hydroxylation is 2. The quantitative estimate of drug-likeness (QED) is 0.695. The normalized spacial score (nSPS) is 30.1. The number of fused-ring (bicyclic) bond motifs is 7. The molecule has 0 unspecified atom stereocenters. The van der Waals surface area contributed by atoms with E-state index in [0.29, 0.717) is 42.4 Å².